The first-order valence-electron chi connectivity index (χ1n) is 7.97. The van der Waals surface area contributed by atoms with Gasteiger partial charge in [-0.3, -0.25) is 4.79 Å². The summed E-state index contributed by atoms with van der Waals surface area (Å²) in [6.45, 7) is -0.188. The van der Waals surface area contributed by atoms with Crippen LogP contribution >= 0.6 is 0 Å². The number of nitrogens with one attached hydrogen (secondary N) is 1. The molecule has 146 valence electrons. The molecular weight excluding hydrogens is 387 g/mol. The molecule has 0 bridgehead atoms. The molecule has 1 atom stereocenters. The Bertz CT molecular complexity index is 940. The summed E-state index contributed by atoms with van der Waals surface area (Å²) in [5, 5.41) is 6.59. The number of sulfone groups is 1. The van der Waals surface area contributed by atoms with Gasteiger partial charge in [-0.1, -0.05) is 6.07 Å². The summed E-state index contributed by atoms with van der Waals surface area (Å²) < 4.78 is 67.4. The third-order valence-electron chi connectivity index (χ3n) is 3.97. The van der Waals surface area contributed by atoms with Gasteiger partial charge in [0.05, 0.1) is 17.1 Å². The summed E-state index contributed by atoms with van der Waals surface area (Å²) in [7, 11) is -3.11. The molecule has 0 aliphatic carbocycles. The smallest absolute Gasteiger partial charge is 0.416 e. The first kappa shape index (κ1) is 19.2. The lowest BCUT2D eigenvalue weighted by Gasteiger charge is -2.10. The Morgan fingerprint density at radius 1 is 1.33 bits per heavy atom. The molecule has 2 aromatic rings. The predicted molar refractivity (Wildman–Crippen MR) is 88.8 cm³/mol. The lowest BCUT2D eigenvalue weighted by molar-refractivity contribution is -0.137. The topological polar surface area (TPSA) is 90.3 Å². The van der Waals surface area contributed by atoms with Crippen molar-refractivity contribution >= 4 is 15.7 Å². The predicted octanol–water partition coefficient (Wildman–Crippen LogP) is 1.86. The third-order valence-corrected chi connectivity index (χ3v) is 5.73. The van der Waals surface area contributed by atoms with Gasteiger partial charge in [-0.15, -0.1) is 0 Å². The average Bonchev–Trinajstić information content (AvgIpc) is 3.19. The number of carbonyl (C=O) groups excluding carboxylic acids is 1. The van der Waals surface area contributed by atoms with E-state index in [4.69, 9.17) is 4.74 Å². The molecule has 1 fully saturated rings. The van der Waals surface area contributed by atoms with E-state index in [0.29, 0.717) is 6.42 Å². The number of ether oxygens (including phenoxy) is 1. The minimum Gasteiger partial charge on any atom is -0.471 e. The molecule has 27 heavy (non-hydrogen) atoms. The molecule has 1 aromatic heterocycles. The van der Waals surface area contributed by atoms with Crippen molar-refractivity contribution in [2.45, 2.75) is 25.4 Å². The van der Waals surface area contributed by atoms with E-state index >= 15 is 0 Å². The Balaban J connectivity index is 1.57. The van der Waals surface area contributed by atoms with Gasteiger partial charge in [0, 0.05) is 12.2 Å². The molecule has 1 aliphatic rings. The number of amides is 1. The van der Waals surface area contributed by atoms with Crippen molar-refractivity contribution in [1.29, 1.82) is 0 Å². The molecule has 11 heteroatoms. The number of rotatable bonds is 5. The van der Waals surface area contributed by atoms with Gasteiger partial charge in [0.25, 0.3) is 5.91 Å². The van der Waals surface area contributed by atoms with E-state index in [1.54, 1.807) is 0 Å². The Morgan fingerprint density at radius 3 is 2.78 bits per heavy atom. The Labute approximate surface area is 153 Å². The van der Waals surface area contributed by atoms with Crippen LogP contribution in [-0.4, -0.2) is 41.7 Å². The van der Waals surface area contributed by atoms with Crippen LogP contribution in [0.1, 0.15) is 22.5 Å². The fourth-order valence-electron chi connectivity index (χ4n) is 2.63. The van der Waals surface area contributed by atoms with E-state index in [1.807, 2.05) is 0 Å². The minimum absolute atomic E-state index is 0.0162. The fourth-order valence-corrected chi connectivity index (χ4v) is 4.30. The van der Waals surface area contributed by atoms with Crippen LogP contribution < -0.4 is 10.1 Å². The summed E-state index contributed by atoms with van der Waals surface area (Å²) >= 11 is 0. The maximum atomic E-state index is 12.7. The normalized spacial score (nSPS) is 19.0. The maximum Gasteiger partial charge on any atom is 0.416 e. The highest BCUT2D eigenvalue weighted by molar-refractivity contribution is 7.91. The number of hydrogen-bond donors (Lipinski definition) is 1. The van der Waals surface area contributed by atoms with Crippen LogP contribution in [0.3, 0.4) is 0 Å². The lowest BCUT2D eigenvalue weighted by atomic mass is 10.2. The molecule has 1 aliphatic heterocycles. The molecule has 0 spiro atoms. The molecule has 0 saturated carbocycles. The molecule has 1 amide bonds. The monoisotopic (exact) mass is 403 g/mol. The van der Waals surface area contributed by atoms with Gasteiger partial charge in [-0.25, -0.2) is 13.1 Å². The van der Waals surface area contributed by atoms with E-state index in [2.05, 4.69) is 10.4 Å². The van der Waals surface area contributed by atoms with Crippen LogP contribution in [0.25, 0.3) is 0 Å². The van der Waals surface area contributed by atoms with E-state index in [0.717, 1.165) is 12.1 Å². The number of benzene rings is 1. The second kappa shape index (κ2) is 7.22. The van der Waals surface area contributed by atoms with Gasteiger partial charge >= 0.3 is 6.18 Å². The van der Waals surface area contributed by atoms with E-state index in [1.165, 1.54) is 29.1 Å². The molecule has 1 saturated heterocycles. The summed E-state index contributed by atoms with van der Waals surface area (Å²) in [6.07, 6.45) is -2.68. The van der Waals surface area contributed by atoms with E-state index in [9.17, 15) is 26.4 Å². The zero-order valence-corrected chi connectivity index (χ0v) is 14.8. The van der Waals surface area contributed by atoms with Crippen molar-refractivity contribution in [1.82, 2.24) is 15.1 Å². The van der Waals surface area contributed by atoms with Crippen LogP contribution in [0.2, 0.25) is 0 Å². The molecule has 1 unspecified atom stereocenters. The highest BCUT2D eigenvalue weighted by Crippen LogP contribution is 2.31. The van der Waals surface area contributed by atoms with Gasteiger partial charge in [0.1, 0.15) is 11.4 Å². The van der Waals surface area contributed by atoms with Crippen molar-refractivity contribution in [3.63, 3.8) is 0 Å². The summed E-state index contributed by atoms with van der Waals surface area (Å²) in [5.74, 6) is -0.563. The first-order valence-corrected chi connectivity index (χ1v) is 9.79. The van der Waals surface area contributed by atoms with Crippen molar-refractivity contribution in [2.24, 2.45) is 0 Å². The van der Waals surface area contributed by atoms with Gasteiger partial charge in [-0.2, -0.15) is 18.3 Å². The zero-order valence-electron chi connectivity index (χ0n) is 13.9. The van der Waals surface area contributed by atoms with Crippen LogP contribution in [-0.2, 0) is 22.7 Å². The summed E-state index contributed by atoms with van der Waals surface area (Å²) in [6, 6.07) is 5.38. The standard InChI is InChI=1S/C16H16F3N3O4S/c17-16(18,19)11-2-1-3-13(8-11)26-10-22-6-4-14(21-22)15(23)20-12-5-7-27(24,25)9-12/h1-4,6,8,12H,5,7,9-10H2,(H,20,23). The number of aromatic nitrogens is 2. The lowest BCUT2D eigenvalue weighted by Crippen LogP contribution is -2.35. The molecule has 1 N–H and O–H groups in total. The largest absolute Gasteiger partial charge is 0.471 e. The summed E-state index contributed by atoms with van der Waals surface area (Å²) in [5.41, 5.74) is -0.765. The van der Waals surface area contributed by atoms with Crippen molar-refractivity contribution < 1.29 is 31.1 Å². The highest BCUT2D eigenvalue weighted by atomic mass is 32.2. The molecule has 7 nitrogen and oxygen atoms in total. The molecule has 1 aromatic carbocycles. The van der Waals surface area contributed by atoms with E-state index < -0.39 is 33.5 Å². The van der Waals surface area contributed by atoms with Crippen molar-refractivity contribution in [2.75, 3.05) is 11.5 Å². The average molecular weight is 403 g/mol. The quantitative estimate of drug-likeness (QED) is 0.823. The second-order valence-electron chi connectivity index (χ2n) is 6.11. The van der Waals surface area contributed by atoms with Gasteiger partial charge in [-0.05, 0) is 30.7 Å². The Kier molecular flexibility index (Phi) is 5.13. The molecule has 0 radical (unpaired) electrons. The fraction of sp³-hybridized carbons (Fsp3) is 0.375. The van der Waals surface area contributed by atoms with Crippen LogP contribution in [0.15, 0.2) is 36.5 Å². The van der Waals surface area contributed by atoms with Crippen molar-refractivity contribution in [3.05, 3.63) is 47.8 Å². The van der Waals surface area contributed by atoms with Crippen LogP contribution in [0, 0.1) is 0 Å². The highest BCUT2D eigenvalue weighted by Gasteiger charge is 2.31. The number of halogens is 3. The number of nitrogens with zero attached hydrogens (tertiary/aromatic N) is 2. The van der Waals surface area contributed by atoms with Crippen LogP contribution in [0.5, 0.6) is 5.75 Å². The first-order chi connectivity index (χ1) is 12.6. The van der Waals surface area contributed by atoms with Gasteiger partial charge < -0.3 is 10.1 Å². The van der Waals surface area contributed by atoms with Gasteiger partial charge in [0.15, 0.2) is 16.6 Å². The number of carbonyl (C=O) groups is 1. The Hall–Kier alpha value is -2.56. The maximum absolute atomic E-state index is 12.7. The Morgan fingerprint density at radius 2 is 2.11 bits per heavy atom. The zero-order chi connectivity index (χ0) is 19.7. The van der Waals surface area contributed by atoms with Crippen LogP contribution in [0.4, 0.5) is 13.2 Å². The number of hydrogen-bond acceptors (Lipinski definition) is 5. The number of alkyl halides is 3. The summed E-state index contributed by atoms with van der Waals surface area (Å²) in [4.78, 5) is 12.1. The SMILES string of the molecule is O=C(NC1CCS(=O)(=O)C1)c1ccn(COc2cccc(C(F)(F)F)c2)n1. The second-order valence-corrected chi connectivity index (χ2v) is 8.34. The molecular formula is C16H16F3N3O4S. The molecule has 2 heterocycles. The third kappa shape index (κ3) is 5.00. The van der Waals surface area contributed by atoms with Gasteiger partial charge in [0.2, 0.25) is 0 Å². The minimum atomic E-state index is -4.47. The molecule has 3 rings (SSSR count). The van der Waals surface area contributed by atoms with E-state index in [-0.39, 0.29) is 29.7 Å². The van der Waals surface area contributed by atoms with Crippen molar-refractivity contribution in [3.8, 4) is 5.75 Å².